The minimum atomic E-state index is -0.0556. The van der Waals surface area contributed by atoms with Crippen LogP contribution in [0.1, 0.15) is 42.0 Å². The number of likely N-dealkylation sites (N-methyl/N-ethyl adjacent to an activating group) is 1. The van der Waals surface area contributed by atoms with Crippen molar-refractivity contribution in [2.75, 3.05) is 48.8 Å². The minimum absolute atomic E-state index is 0. The van der Waals surface area contributed by atoms with Gasteiger partial charge in [0.2, 0.25) is 11.8 Å². The summed E-state index contributed by atoms with van der Waals surface area (Å²) in [5.74, 6) is 1.20. The Kier molecular flexibility index (Phi) is 32.2. The van der Waals surface area contributed by atoms with Crippen molar-refractivity contribution in [1.29, 1.82) is 0 Å². The Labute approximate surface area is 187 Å². The molecule has 152 valence electrons. The van der Waals surface area contributed by atoms with Crippen molar-refractivity contribution in [3.63, 3.8) is 0 Å². The van der Waals surface area contributed by atoms with Crippen molar-refractivity contribution in [2.45, 2.75) is 40.5 Å². The summed E-state index contributed by atoms with van der Waals surface area (Å²) < 4.78 is 0. The molecule has 0 rings (SSSR count). The Bertz CT molecular complexity index is 358. The summed E-state index contributed by atoms with van der Waals surface area (Å²) >= 11 is 0. The van der Waals surface area contributed by atoms with Gasteiger partial charge < -0.3 is 16.1 Å². The zero-order valence-corrected chi connectivity index (χ0v) is 18.7. The second kappa shape index (κ2) is 22.8. The van der Waals surface area contributed by atoms with E-state index in [0.29, 0.717) is 0 Å². The van der Waals surface area contributed by atoms with E-state index in [1.165, 1.54) is 23.9 Å². The van der Waals surface area contributed by atoms with E-state index in [4.69, 9.17) is 0 Å². The van der Waals surface area contributed by atoms with E-state index in [0.717, 1.165) is 12.3 Å². The van der Waals surface area contributed by atoms with E-state index in [9.17, 15) is 9.59 Å². The van der Waals surface area contributed by atoms with Gasteiger partial charge in [0.25, 0.3) is 0 Å². The summed E-state index contributed by atoms with van der Waals surface area (Å²) in [6.07, 6.45) is 3.50. The fraction of sp³-hybridized carbons (Fsp3) is 0.789. The molecule has 2 unspecified atom stereocenters. The van der Waals surface area contributed by atoms with Crippen LogP contribution in [0.3, 0.4) is 0 Å². The molecule has 7 heteroatoms. The van der Waals surface area contributed by atoms with Crippen molar-refractivity contribution in [1.82, 2.24) is 14.7 Å². The molecule has 0 radical (unpaired) electrons. The van der Waals surface area contributed by atoms with Crippen molar-refractivity contribution in [2.24, 2.45) is 11.8 Å². The van der Waals surface area contributed by atoms with Crippen LogP contribution >= 0.6 is 0 Å². The molecule has 5 nitrogen and oxygen atoms in total. The van der Waals surface area contributed by atoms with Crippen molar-refractivity contribution in [3.8, 4) is 0 Å². The van der Waals surface area contributed by atoms with Gasteiger partial charge >= 0.3 is 18.9 Å². The summed E-state index contributed by atoms with van der Waals surface area (Å²) in [5.41, 5.74) is 0. The van der Waals surface area contributed by atoms with E-state index in [1.54, 1.807) is 33.1 Å². The Hall–Kier alpha value is -0.230. The number of hydrogen-bond donors (Lipinski definition) is 0. The van der Waals surface area contributed by atoms with Crippen LogP contribution in [-0.2, 0) is 9.59 Å². The summed E-state index contributed by atoms with van der Waals surface area (Å²) in [6, 6.07) is 0. The van der Waals surface area contributed by atoms with Gasteiger partial charge in [0.05, 0.1) is 0 Å². The Balaban J connectivity index is -0.0000000584. The summed E-state index contributed by atoms with van der Waals surface area (Å²) in [5, 5.41) is 0. The van der Waals surface area contributed by atoms with Gasteiger partial charge in [-0.3, -0.25) is 9.59 Å². The number of hydrogen-bond acceptors (Lipinski definition) is 3. The smallest absolute Gasteiger partial charge is 1.00 e. The fourth-order valence-electron chi connectivity index (χ4n) is 1.55. The van der Waals surface area contributed by atoms with Gasteiger partial charge in [0.1, 0.15) is 0 Å². The zero-order valence-electron chi connectivity index (χ0n) is 19.7. The Morgan fingerprint density at radius 2 is 1.38 bits per heavy atom. The zero-order chi connectivity index (χ0) is 19.9. The molecule has 0 aliphatic rings. The summed E-state index contributed by atoms with van der Waals surface area (Å²) in [6.45, 7) is 13.0. The molecule has 26 heavy (non-hydrogen) atoms. The average molecular weight is 382 g/mol. The first-order valence-electron chi connectivity index (χ1n) is 8.63. The monoisotopic (exact) mass is 381 g/mol. The maximum absolute atomic E-state index is 11.0. The largest absolute Gasteiger partial charge is 1.00 e. The van der Waals surface area contributed by atoms with Crippen molar-refractivity contribution >= 4 is 29.2 Å². The third kappa shape index (κ3) is 26.0. The maximum atomic E-state index is 11.0. The summed E-state index contributed by atoms with van der Waals surface area (Å²) in [4.78, 5) is 26.6. The number of carbonyl (C=O) groups is 2. The van der Waals surface area contributed by atoms with E-state index in [1.807, 2.05) is 13.8 Å². The molecule has 2 atom stereocenters. The molecule has 0 saturated carbocycles. The number of carbonyl (C=O) groups excluding carboxylic acids is 2. The van der Waals surface area contributed by atoms with Crippen LogP contribution in [0.15, 0.2) is 12.7 Å². The molecule has 0 aromatic rings. The molecule has 0 heterocycles. The molecule has 0 aromatic heterocycles. The van der Waals surface area contributed by atoms with Gasteiger partial charge in [-0.2, -0.15) is 0 Å². The molecule has 2 amide bonds. The van der Waals surface area contributed by atoms with Crippen LogP contribution in [0.5, 0.6) is 0 Å². The van der Waals surface area contributed by atoms with E-state index in [2.05, 4.69) is 39.4 Å². The predicted molar refractivity (Wildman–Crippen MR) is 116 cm³/mol. The third-order valence-corrected chi connectivity index (χ3v) is 3.46. The first kappa shape index (κ1) is 36.7. The van der Waals surface area contributed by atoms with Crippen molar-refractivity contribution < 1.29 is 29.9 Å². The topological polar surface area (TPSA) is 43.9 Å². The normalized spacial score (nSPS) is 11.0. The molecule has 0 aliphatic heterocycles. The molecule has 0 N–H and O–H groups in total. The van der Waals surface area contributed by atoms with Crippen molar-refractivity contribution in [3.05, 3.63) is 12.7 Å². The van der Waals surface area contributed by atoms with Crippen LogP contribution in [0.2, 0.25) is 0 Å². The van der Waals surface area contributed by atoms with Gasteiger partial charge in [0, 0.05) is 40.7 Å². The molecule has 0 fully saturated rings. The Morgan fingerprint density at radius 1 is 0.962 bits per heavy atom. The van der Waals surface area contributed by atoms with Gasteiger partial charge in [-0.1, -0.05) is 40.7 Å². The Morgan fingerprint density at radius 3 is 1.46 bits per heavy atom. The van der Waals surface area contributed by atoms with E-state index in [-0.39, 0.29) is 55.4 Å². The molecule has 0 aliphatic carbocycles. The fourth-order valence-corrected chi connectivity index (χ4v) is 1.55. The quantitative estimate of drug-likeness (QED) is 0.434. The second-order valence-corrected chi connectivity index (χ2v) is 6.75. The first-order valence-corrected chi connectivity index (χ1v) is 8.63. The van der Waals surface area contributed by atoms with Gasteiger partial charge in [-0.15, -0.1) is 0 Å². The summed E-state index contributed by atoms with van der Waals surface area (Å²) in [7, 11) is 11.2. The van der Waals surface area contributed by atoms with Crippen LogP contribution in [-0.4, -0.2) is 92.7 Å². The van der Waals surface area contributed by atoms with E-state index < -0.39 is 0 Å². The molecule has 0 spiro atoms. The van der Waals surface area contributed by atoms with Gasteiger partial charge in [0.15, 0.2) is 17.4 Å². The van der Waals surface area contributed by atoms with Gasteiger partial charge in [-0.25, -0.2) is 0 Å². The number of nitrogens with zero attached hydrogens (tertiary/aromatic N) is 3. The number of rotatable bonds is 6. The van der Waals surface area contributed by atoms with Crippen LogP contribution < -0.4 is 18.9 Å². The first-order chi connectivity index (χ1) is 10.9. The predicted octanol–water partition coefficient (Wildman–Crippen LogP) is -1.09. The average Bonchev–Trinajstić information content (AvgIpc) is 2.52. The van der Waals surface area contributed by atoms with Gasteiger partial charge in [-0.05, 0) is 32.5 Å². The SMILES string of the molecule is C=CC(=O)N(C)C.CCC(C)C(=O)N(C)C.CCC(C)CN(C)C.[AlH3].[H-].[Li+]. The maximum Gasteiger partial charge on any atom is 1.00 e. The van der Waals surface area contributed by atoms with Crippen LogP contribution in [0.25, 0.3) is 0 Å². The standard InChI is InChI=1S/C7H15NO.C7H17N.C5H9NO.Al.Li.4H/c1-5-6(2)7(9)8(3)4;1-5-7(2)6-8(3)4;1-4-5(7)6(2)3;;;;;;/h6H,5H2,1-4H3;7H,5-6H2,1-4H3;4H,1H2,2-3H3;;;;;;/q;;;;+1;;;;-1. The number of amides is 2. The molecule has 0 bridgehead atoms. The van der Waals surface area contributed by atoms with E-state index >= 15 is 0 Å². The molecular weight excluding hydrogens is 336 g/mol. The minimum Gasteiger partial charge on any atom is -1.00 e. The molecule has 0 aromatic carbocycles. The van der Waals surface area contributed by atoms with Crippen LogP contribution in [0, 0.1) is 11.8 Å². The third-order valence-electron chi connectivity index (χ3n) is 3.46. The van der Waals surface area contributed by atoms with Crippen LogP contribution in [0.4, 0.5) is 0 Å². The molecule has 0 saturated heterocycles. The second-order valence-electron chi connectivity index (χ2n) is 6.75. The molecular formula is C19H45AlLiN3O2.